The summed E-state index contributed by atoms with van der Waals surface area (Å²) in [7, 11) is 0. The maximum atomic E-state index is 13.8. The van der Waals surface area contributed by atoms with Crippen molar-refractivity contribution in [2.45, 2.75) is 38.6 Å². The van der Waals surface area contributed by atoms with Crippen LogP contribution in [0.2, 0.25) is 0 Å². The number of benzene rings is 1. The highest BCUT2D eigenvalue weighted by Gasteiger charge is 2.32. The number of alkyl halides is 3. The second kappa shape index (κ2) is 8.74. The molecule has 0 bridgehead atoms. The summed E-state index contributed by atoms with van der Waals surface area (Å²) < 4.78 is 53.1. The van der Waals surface area contributed by atoms with Crippen molar-refractivity contribution in [3.8, 4) is 16.9 Å². The number of halogens is 4. The SMILES string of the molecule is C[C@@H](NC(=O)c1cc(-c2ccc(C(F)(F)F)nc2)nn(-c2cccc(F)c2)c1=O)C(C)(C)O. The maximum absolute atomic E-state index is 13.8. The zero-order valence-corrected chi connectivity index (χ0v) is 17.8. The Hall–Kier alpha value is -3.60. The van der Waals surface area contributed by atoms with Gasteiger partial charge in [-0.15, -0.1) is 0 Å². The number of aliphatic hydroxyl groups is 1. The van der Waals surface area contributed by atoms with Gasteiger partial charge in [-0.3, -0.25) is 14.6 Å². The van der Waals surface area contributed by atoms with Gasteiger partial charge in [0.25, 0.3) is 11.5 Å². The molecule has 174 valence electrons. The predicted octanol–water partition coefficient (Wildman–Crippen LogP) is 3.34. The Morgan fingerprint density at radius 1 is 1.15 bits per heavy atom. The Balaban J connectivity index is 2.16. The first kappa shape index (κ1) is 24.1. The minimum atomic E-state index is -4.65. The van der Waals surface area contributed by atoms with Crippen molar-refractivity contribution in [1.29, 1.82) is 0 Å². The fourth-order valence-electron chi connectivity index (χ4n) is 2.75. The molecule has 11 heteroatoms. The molecule has 3 aromatic rings. The molecule has 33 heavy (non-hydrogen) atoms. The number of nitrogens with one attached hydrogen (secondary N) is 1. The molecule has 0 saturated carbocycles. The summed E-state index contributed by atoms with van der Waals surface area (Å²) in [6.45, 7) is 4.47. The summed E-state index contributed by atoms with van der Waals surface area (Å²) in [5, 5.41) is 16.7. The number of hydrogen-bond donors (Lipinski definition) is 2. The fourth-order valence-corrected chi connectivity index (χ4v) is 2.75. The molecule has 1 aromatic carbocycles. The molecule has 3 rings (SSSR count). The summed E-state index contributed by atoms with van der Waals surface area (Å²) >= 11 is 0. The average molecular weight is 464 g/mol. The monoisotopic (exact) mass is 464 g/mol. The summed E-state index contributed by atoms with van der Waals surface area (Å²) in [5.74, 6) is -1.51. The number of pyridine rings is 1. The van der Waals surface area contributed by atoms with Crippen molar-refractivity contribution in [2.24, 2.45) is 0 Å². The van der Waals surface area contributed by atoms with Gasteiger partial charge >= 0.3 is 6.18 Å². The van der Waals surface area contributed by atoms with Crippen LogP contribution >= 0.6 is 0 Å². The molecule has 2 heterocycles. The Morgan fingerprint density at radius 3 is 2.39 bits per heavy atom. The molecule has 0 unspecified atom stereocenters. The van der Waals surface area contributed by atoms with Crippen LogP contribution in [0.25, 0.3) is 16.9 Å². The highest BCUT2D eigenvalue weighted by molar-refractivity contribution is 5.95. The minimum absolute atomic E-state index is 0.00584. The van der Waals surface area contributed by atoms with E-state index in [1.165, 1.54) is 32.9 Å². The number of nitrogens with zero attached hydrogens (tertiary/aromatic N) is 3. The largest absolute Gasteiger partial charge is 0.433 e. The first-order chi connectivity index (χ1) is 15.3. The van der Waals surface area contributed by atoms with Crippen LogP contribution in [0, 0.1) is 5.82 Å². The lowest BCUT2D eigenvalue weighted by molar-refractivity contribution is -0.141. The fraction of sp³-hybridized carbons (Fsp3) is 0.273. The Kier molecular flexibility index (Phi) is 6.37. The van der Waals surface area contributed by atoms with Crippen LogP contribution in [0.4, 0.5) is 17.6 Å². The Labute approximate surface area is 185 Å². The second-order valence-corrected chi connectivity index (χ2v) is 7.92. The van der Waals surface area contributed by atoms with Crippen LogP contribution in [0.1, 0.15) is 36.8 Å². The average Bonchev–Trinajstić information content (AvgIpc) is 2.72. The van der Waals surface area contributed by atoms with Gasteiger partial charge in [0.2, 0.25) is 0 Å². The number of hydrogen-bond acceptors (Lipinski definition) is 5. The standard InChI is InChI=1S/C22H20F4N4O3/c1-12(21(2,3)33)28-19(31)16-10-17(13-7-8-18(27-11-13)22(24,25)26)29-30(20(16)32)15-6-4-5-14(23)9-15/h4-12,33H,1-3H3,(H,28,31)/t12-/m1/s1. The number of aromatic nitrogens is 3. The van der Waals surface area contributed by atoms with E-state index in [0.29, 0.717) is 0 Å². The van der Waals surface area contributed by atoms with E-state index < -0.39 is 46.4 Å². The summed E-state index contributed by atoms with van der Waals surface area (Å²) in [5.41, 5.74) is -3.65. The van der Waals surface area contributed by atoms with E-state index in [1.807, 2.05) is 0 Å². The van der Waals surface area contributed by atoms with Crippen molar-refractivity contribution in [2.75, 3.05) is 0 Å². The van der Waals surface area contributed by atoms with E-state index in [1.54, 1.807) is 0 Å². The molecule has 0 aliphatic carbocycles. The second-order valence-electron chi connectivity index (χ2n) is 7.92. The van der Waals surface area contributed by atoms with Crippen molar-refractivity contribution in [3.05, 3.63) is 76.1 Å². The highest BCUT2D eigenvalue weighted by atomic mass is 19.4. The highest BCUT2D eigenvalue weighted by Crippen LogP contribution is 2.28. The number of carbonyl (C=O) groups excluding carboxylic acids is 1. The van der Waals surface area contributed by atoms with E-state index >= 15 is 0 Å². The van der Waals surface area contributed by atoms with E-state index in [9.17, 15) is 32.3 Å². The van der Waals surface area contributed by atoms with Crippen molar-refractivity contribution in [1.82, 2.24) is 20.1 Å². The quantitative estimate of drug-likeness (QED) is 0.565. The minimum Gasteiger partial charge on any atom is -0.388 e. The topological polar surface area (TPSA) is 97.1 Å². The van der Waals surface area contributed by atoms with Gasteiger partial charge < -0.3 is 10.4 Å². The van der Waals surface area contributed by atoms with Gasteiger partial charge in [0.05, 0.1) is 23.0 Å². The first-order valence-electron chi connectivity index (χ1n) is 9.74. The normalized spacial score (nSPS) is 13.0. The zero-order valence-electron chi connectivity index (χ0n) is 17.8. The Morgan fingerprint density at radius 2 is 1.85 bits per heavy atom. The first-order valence-corrected chi connectivity index (χ1v) is 9.74. The Bertz CT molecular complexity index is 1230. The zero-order chi connectivity index (χ0) is 24.6. The van der Waals surface area contributed by atoms with Crippen LogP contribution < -0.4 is 10.9 Å². The van der Waals surface area contributed by atoms with Gasteiger partial charge in [0, 0.05) is 11.8 Å². The third-order valence-electron chi connectivity index (χ3n) is 4.97. The molecule has 0 radical (unpaired) electrons. The number of carbonyl (C=O) groups is 1. The maximum Gasteiger partial charge on any atom is 0.433 e. The number of rotatable bonds is 5. The van der Waals surface area contributed by atoms with Gasteiger partial charge in [-0.1, -0.05) is 6.07 Å². The lowest BCUT2D eigenvalue weighted by Crippen LogP contribution is -2.48. The molecule has 7 nitrogen and oxygen atoms in total. The van der Waals surface area contributed by atoms with Crippen LogP contribution in [-0.2, 0) is 6.18 Å². The summed E-state index contributed by atoms with van der Waals surface area (Å²) in [4.78, 5) is 29.2. The van der Waals surface area contributed by atoms with Gasteiger partial charge in [0.1, 0.15) is 17.1 Å². The molecule has 0 fully saturated rings. The molecule has 1 amide bonds. The van der Waals surface area contributed by atoms with Gasteiger partial charge in [-0.2, -0.15) is 23.0 Å². The van der Waals surface area contributed by atoms with E-state index in [0.717, 1.165) is 41.2 Å². The smallest absolute Gasteiger partial charge is 0.388 e. The molecule has 2 N–H and O–H groups in total. The van der Waals surface area contributed by atoms with E-state index in [4.69, 9.17) is 0 Å². The molecular formula is C22H20F4N4O3. The van der Waals surface area contributed by atoms with Gasteiger partial charge in [-0.25, -0.2) is 4.39 Å². The van der Waals surface area contributed by atoms with Crippen molar-refractivity contribution < 1.29 is 27.5 Å². The summed E-state index contributed by atoms with van der Waals surface area (Å²) in [6.07, 6.45) is -3.74. The van der Waals surface area contributed by atoms with Crippen LogP contribution in [0.15, 0.2) is 53.5 Å². The van der Waals surface area contributed by atoms with Crippen molar-refractivity contribution in [3.63, 3.8) is 0 Å². The summed E-state index contributed by atoms with van der Waals surface area (Å²) in [6, 6.07) is 7.08. The third kappa shape index (κ3) is 5.43. The van der Waals surface area contributed by atoms with Gasteiger partial charge in [-0.05, 0) is 57.2 Å². The van der Waals surface area contributed by atoms with Crippen LogP contribution in [0.5, 0.6) is 0 Å². The molecule has 0 aliphatic rings. The molecule has 1 atom stereocenters. The van der Waals surface area contributed by atoms with E-state index in [-0.39, 0.29) is 16.9 Å². The molecular weight excluding hydrogens is 444 g/mol. The predicted molar refractivity (Wildman–Crippen MR) is 111 cm³/mol. The van der Waals surface area contributed by atoms with E-state index in [2.05, 4.69) is 15.4 Å². The van der Waals surface area contributed by atoms with Crippen LogP contribution in [-0.4, -0.2) is 37.4 Å². The van der Waals surface area contributed by atoms with Crippen molar-refractivity contribution >= 4 is 5.91 Å². The third-order valence-corrected chi connectivity index (χ3v) is 4.97. The van der Waals surface area contributed by atoms with Gasteiger partial charge in [0.15, 0.2) is 0 Å². The molecule has 0 spiro atoms. The molecule has 0 saturated heterocycles. The lowest BCUT2D eigenvalue weighted by Gasteiger charge is -2.26. The van der Waals surface area contributed by atoms with Crippen LogP contribution in [0.3, 0.4) is 0 Å². The molecule has 0 aliphatic heterocycles. The number of amides is 1. The lowest BCUT2D eigenvalue weighted by atomic mass is 10.0. The molecule has 2 aromatic heterocycles.